The molecular weight excluding hydrogens is 393 g/mol. The summed E-state index contributed by atoms with van der Waals surface area (Å²) in [5.74, 6) is 1.05. The molecule has 29 heavy (non-hydrogen) atoms. The number of pyridine rings is 1. The van der Waals surface area contributed by atoms with Crippen LogP contribution in [-0.2, 0) is 0 Å². The predicted octanol–water partition coefficient (Wildman–Crippen LogP) is 5.02. The van der Waals surface area contributed by atoms with Crippen molar-refractivity contribution in [2.24, 2.45) is 5.10 Å². The third kappa shape index (κ3) is 4.03. The summed E-state index contributed by atoms with van der Waals surface area (Å²) in [4.78, 5) is 4.20. The number of anilines is 1. The van der Waals surface area contributed by atoms with Gasteiger partial charge in [-0.1, -0.05) is 18.2 Å². The number of ether oxygens (including phenoxy) is 2. The summed E-state index contributed by atoms with van der Waals surface area (Å²) in [5.41, 5.74) is 3.62. The van der Waals surface area contributed by atoms with Gasteiger partial charge in [-0.25, -0.2) is 4.39 Å². The Labute approximate surface area is 175 Å². The quantitative estimate of drug-likeness (QED) is 0.589. The molecule has 0 aliphatic carbocycles. The van der Waals surface area contributed by atoms with Crippen molar-refractivity contribution in [2.75, 3.05) is 19.2 Å². The molecule has 150 valence electrons. The molecule has 0 spiro atoms. The van der Waals surface area contributed by atoms with Crippen LogP contribution in [0, 0.1) is 5.82 Å². The Kier molecular flexibility index (Phi) is 6.34. The average Bonchev–Trinajstić information content (AvgIpc) is 3.19. The van der Waals surface area contributed by atoms with Gasteiger partial charge in [0.1, 0.15) is 5.82 Å². The lowest BCUT2D eigenvalue weighted by molar-refractivity contribution is 0.349. The second-order valence-corrected chi connectivity index (χ2v) is 6.41. The van der Waals surface area contributed by atoms with Crippen LogP contribution in [0.5, 0.6) is 11.5 Å². The van der Waals surface area contributed by atoms with Crippen molar-refractivity contribution in [1.29, 1.82) is 0 Å². The fourth-order valence-corrected chi connectivity index (χ4v) is 3.47. The number of hydrazone groups is 1. The Bertz CT molecular complexity index is 997. The first-order valence-electron chi connectivity index (χ1n) is 8.95. The maximum atomic E-state index is 13.5. The van der Waals surface area contributed by atoms with Crippen LogP contribution in [0.15, 0.2) is 72.1 Å². The molecule has 2 heterocycles. The summed E-state index contributed by atoms with van der Waals surface area (Å²) in [7, 11) is 3.24. The maximum Gasteiger partial charge on any atom is 0.166 e. The third-order valence-corrected chi connectivity index (χ3v) is 4.79. The van der Waals surface area contributed by atoms with Crippen molar-refractivity contribution in [3.8, 4) is 11.5 Å². The van der Waals surface area contributed by atoms with Crippen LogP contribution >= 0.6 is 12.4 Å². The molecular formula is C22H21ClFN3O2. The molecule has 0 saturated carbocycles. The fourth-order valence-electron chi connectivity index (χ4n) is 3.47. The van der Waals surface area contributed by atoms with Crippen LogP contribution in [0.4, 0.5) is 10.1 Å². The standard InChI is InChI=1S/C22H20FN3O2.ClH/c1-27-21-7-3-6-18(22(21)28-2)20-13-19(15-5-4-12-24-14-15)25-26(20)17-10-8-16(23)9-11-17;/h3-12,14,20H,13H2,1-2H3;1H. The Morgan fingerprint density at radius 1 is 1.00 bits per heavy atom. The van der Waals surface area contributed by atoms with Gasteiger partial charge >= 0.3 is 0 Å². The summed E-state index contributed by atoms with van der Waals surface area (Å²) in [6.45, 7) is 0. The summed E-state index contributed by atoms with van der Waals surface area (Å²) in [6.07, 6.45) is 4.19. The van der Waals surface area contributed by atoms with E-state index in [2.05, 4.69) is 4.98 Å². The first kappa shape index (κ1) is 20.6. The molecule has 1 unspecified atom stereocenters. The Balaban J connectivity index is 0.00000240. The molecule has 1 aliphatic rings. The van der Waals surface area contributed by atoms with Gasteiger partial charge in [-0.2, -0.15) is 5.10 Å². The van der Waals surface area contributed by atoms with Gasteiger partial charge in [0.2, 0.25) is 0 Å². The Morgan fingerprint density at radius 2 is 1.79 bits per heavy atom. The smallest absolute Gasteiger partial charge is 0.166 e. The van der Waals surface area contributed by atoms with Gasteiger partial charge in [0.25, 0.3) is 0 Å². The molecule has 5 nitrogen and oxygen atoms in total. The molecule has 1 aliphatic heterocycles. The molecule has 0 amide bonds. The van der Waals surface area contributed by atoms with Crippen molar-refractivity contribution < 1.29 is 13.9 Å². The van der Waals surface area contributed by atoms with Gasteiger partial charge < -0.3 is 9.47 Å². The van der Waals surface area contributed by atoms with E-state index in [-0.39, 0.29) is 24.3 Å². The molecule has 7 heteroatoms. The minimum absolute atomic E-state index is 0. The lowest BCUT2D eigenvalue weighted by Gasteiger charge is -2.26. The zero-order valence-corrected chi connectivity index (χ0v) is 16.9. The van der Waals surface area contributed by atoms with E-state index in [9.17, 15) is 4.39 Å². The topological polar surface area (TPSA) is 47.0 Å². The van der Waals surface area contributed by atoms with Crippen LogP contribution in [0.2, 0.25) is 0 Å². The van der Waals surface area contributed by atoms with Crippen molar-refractivity contribution >= 4 is 23.8 Å². The summed E-state index contributed by atoms with van der Waals surface area (Å²) in [5, 5.41) is 6.74. The first-order valence-corrected chi connectivity index (χ1v) is 8.95. The molecule has 2 aromatic carbocycles. The number of rotatable bonds is 5. The van der Waals surface area contributed by atoms with Crippen molar-refractivity contribution in [3.63, 3.8) is 0 Å². The van der Waals surface area contributed by atoms with Gasteiger partial charge in [0, 0.05) is 29.9 Å². The lowest BCUT2D eigenvalue weighted by Crippen LogP contribution is -2.19. The van der Waals surface area contributed by atoms with E-state index in [1.807, 2.05) is 35.3 Å². The van der Waals surface area contributed by atoms with Gasteiger partial charge in [-0.3, -0.25) is 9.99 Å². The van der Waals surface area contributed by atoms with Crippen LogP contribution in [0.3, 0.4) is 0 Å². The molecule has 3 aromatic rings. The normalized spacial score (nSPS) is 15.5. The molecule has 0 N–H and O–H groups in total. The fraction of sp³-hybridized carbons (Fsp3) is 0.182. The zero-order valence-electron chi connectivity index (χ0n) is 16.1. The molecule has 0 bridgehead atoms. The van der Waals surface area contributed by atoms with Crippen molar-refractivity contribution in [1.82, 2.24) is 4.98 Å². The predicted molar refractivity (Wildman–Crippen MR) is 114 cm³/mol. The average molecular weight is 414 g/mol. The number of benzene rings is 2. The number of para-hydroxylation sites is 1. The highest BCUT2D eigenvalue weighted by Crippen LogP contribution is 2.43. The van der Waals surface area contributed by atoms with E-state index in [0.29, 0.717) is 17.9 Å². The van der Waals surface area contributed by atoms with Gasteiger partial charge in [0.05, 0.1) is 31.7 Å². The largest absolute Gasteiger partial charge is 0.493 e. The minimum atomic E-state index is -0.282. The van der Waals surface area contributed by atoms with E-state index in [4.69, 9.17) is 14.6 Å². The summed E-state index contributed by atoms with van der Waals surface area (Å²) in [6, 6.07) is 15.9. The number of methoxy groups -OCH3 is 2. The van der Waals surface area contributed by atoms with Crippen molar-refractivity contribution in [3.05, 3.63) is 83.9 Å². The second kappa shape index (κ2) is 8.92. The van der Waals surface area contributed by atoms with E-state index >= 15 is 0 Å². The minimum Gasteiger partial charge on any atom is -0.493 e. The maximum absolute atomic E-state index is 13.5. The van der Waals surface area contributed by atoms with E-state index in [0.717, 1.165) is 22.5 Å². The van der Waals surface area contributed by atoms with E-state index in [1.54, 1.807) is 38.7 Å². The Hall–Kier alpha value is -3.12. The van der Waals surface area contributed by atoms with Crippen molar-refractivity contribution in [2.45, 2.75) is 12.5 Å². The van der Waals surface area contributed by atoms with Gasteiger partial charge in [-0.05, 0) is 36.4 Å². The van der Waals surface area contributed by atoms with E-state index < -0.39 is 0 Å². The zero-order chi connectivity index (χ0) is 19.5. The summed E-state index contributed by atoms with van der Waals surface area (Å²) >= 11 is 0. The van der Waals surface area contributed by atoms with Crippen LogP contribution in [0.1, 0.15) is 23.6 Å². The second-order valence-electron chi connectivity index (χ2n) is 6.41. The van der Waals surface area contributed by atoms with Crippen LogP contribution in [-0.4, -0.2) is 24.9 Å². The van der Waals surface area contributed by atoms with Gasteiger partial charge in [0.15, 0.2) is 11.5 Å². The molecule has 0 fully saturated rings. The van der Waals surface area contributed by atoms with Crippen LogP contribution < -0.4 is 14.5 Å². The highest BCUT2D eigenvalue weighted by Gasteiger charge is 2.33. The monoisotopic (exact) mass is 413 g/mol. The first-order chi connectivity index (χ1) is 13.7. The number of aromatic nitrogens is 1. The molecule has 0 radical (unpaired) electrons. The summed E-state index contributed by atoms with van der Waals surface area (Å²) < 4.78 is 24.6. The lowest BCUT2D eigenvalue weighted by atomic mass is 9.97. The SMILES string of the molecule is COc1cccc(C2CC(c3cccnc3)=NN2c2ccc(F)cc2)c1OC.Cl. The number of halogens is 2. The third-order valence-electron chi connectivity index (χ3n) is 4.79. The van der Waals surface area contributed by atoms with Gasteiger partial charge in [-0.15, -0.1) is 12.4 Å². The number of hydrogen-bond donors (Lipinski definition) is 0. The highest BCUT2D eigenvalue weighted by atomic mass is 35.5. The van der Waals surface area contributed by atoms with E-state index in [1.165, 1.54) is 12.1 Å². The number of hydrogen-bond acceptors (Lipinski definition) is 5. The van der Waals surface area contributed by atoms with Crippen LogP contribution in [0.25, 0.3) is 0 Å². The molecule has 1 atom stereocenters. The highest BCUT2D eigenvalue weighted by molar-refractivity contribution is 6.03. The Morgan fingerprint density at radius 3 is 2.45 bits per heavy atom. The molecule has 4 rings (SSSR count). The molecule has 1 aromatic heterocycles. The number of nitrogens with zero attached hydrogens (tertiary/aromatic N) is 3. The molecule has 0 saturated heterocycles.